The topological polar surface area (TPSA) is 44.4 Å². The lowest BCUT2D eigenvalue weighted by Crippen LogP contribution is -2.53. The number of hydrogen-bond donors (Lipinski definition) is 2. The van der Waals surface area contributed by atoms with E-state index in [2.05, 4.69) is 29.6 Å². The molecule has 0 radical (unpaired) electrons. The van der Waals surface area contributed by atoms with E-state index in [1.54, 1.807) is 6.92 Å². The van der Waals surface area contributed by atoms with Gasteiger partial charge in [0.1, 0.15) is 0 Å². The van der Waals surface area contributed by atoms with Crippen molar-refractivity contribution in [2.24, 2.45) is 0 Å². The van der Waals surface area contributed by atoms with E-state index in [1.165, 1.54) is 19.3 Å². The number of amides is 1. The van der Waals surface area contributed by atoms with Crippen LogP contribution in [0.5, 0.6) is 0 Å². The highest BCUT2D eigenvalue weighted by molar-refractivity contribution is 5.72. The van der Waals surface area contributed by atoms with Crippen LogP contribution < -0.4 is 10.7 Å². The van der Waals surface area contributed by atoms with Crippen LogP contribution in [0.25, 0.3) is 0 Å². The van der Waals surface area contributed by atoms with Crippen LogP contribution in [0, 0.1) is 0 Å². The molecule has 0 bridgehead atoms. The summed E-state index contributed by atoms with van der Waals surface area (Å²) in [4.78, 5) is 10.7. The largest absolute Gasteiger partial charge is 0.355 e. The number of carbonyl (C=O) groups excluding carboxylic acids is 1. The number of rotatable bonds is 4. The molecule has 0 aromatic rings. The molecule has 1 aliphatic heterocycles. The van der Waals surface area contributed by atoms with E-state index in [1.807, 2.05) is 0 Å². The average Bonchev–Trinajstić information content (AvgIpc) is 2.15. The molecule has 4 heteroatoms. The molecule has 1 saturated heterocycles. The monoisotopic (exact) mass is 213 g/mol. The van der Waals surface area contributed by atoms with E-state index in [-0.39, 0.29) is 5.91 Å². The Morgan fingerprint density at radius 1 is 1.27 bits per heavy atom. The summed E-state index contributed by atoms with van der Waals surface area (Å²) >= 11 is 0. The molecular weight excluding hydrogens is 190 g/mol. The summed E-state index contributed by atoms with van der Waals surface area (Å²) in [5.74, 6) is 0.0385. The predicted molar refractivity (Wildman–Crippen MR) is 61.3 cm³/mol. The van der Waals surface area contributed by atoms with Gasteiger partial charge in [0.15, 0.2) is 0 Å². The first-order valence-corrected chi connectivity index (χ1v) is 5.87. The summed E-state index contributed by atoms with van der Waals surface area (Å²) in [6, 6.07) is 1.21. The molecule has 0 saturated carbocycles. The van der Waals surface area contributed by atoms with Gasteiger partial charge in [0.05, 0.1) is 0 Å². The number of nitrogens with one attached hydrogen (secondary N) is 2. The van der Waals surface area contributed by atoms with Crippen molar-refractivity contribution in [2.75, 3.05) is 13.1 Å². The quantitative estimate of drug-likeness (QED) is 0.682. The molecule has 2 atom stereocenters. The fraction of sp³-hybridized carbons (Fsp3) is 0.909. The van der Waals surface area contributed by atoms with Crippen LogP contribution in [0.1, 0.15) is 40.0 Å². The fourth-order valence-corrected chi connectivity index (χ4v) is 2.16. The van der Waals surface area contributed by atoms with Gasteiger partial charge in [0.25, 0.3) is 0 Å². The Bertz CT molecular complexity index is 198. The van der Waals surface area contributed by atoms with Gasteiger partial charge in [-0.1, -0.05) is 6.42 Å². The normalized spacial score (nSPS) is 27.7. The molecule has 1 fully saturated rings. The Labute approximate surface area is 92.4 Å². The van der Waals surface area contributed by atoms with Gasteiger partial charge in [0, 0.05) is 32.1 Å². The molecular formula is C11H23N3O. The third kappa shape index (κ3) is 4.18. The van der Waals surface area contributed by atoms with Crippen LogP contribution in [-0.4, -0.2) is 36.1 Å². The molecule has 2 N–H and O–H groups in total. The van der Waals surface area contributed by atoms with Gasteiger partial charge in [-0.25, -0.2) is 5.01 Å². The van der Waals surface area contributed by atoms with Gasteiger partial charge in [0.2, 0.25) is 5.91 Å². The molecule has 0 aromatic carbocycles. The SMILES string of the molecule is CC(=O)NCCNN1C(C)CCCC1C. The van der Waals surface area contributed by atoms with Crippen molar-refractivity contribution in [3.8, 4) is 0 Å². The van der Waals surface area contributed by atoms with Crippen molar-refractivity contribution in [2.45, 2.75) is 52.1 Å². The molecule has 4 nitrogen and oxygen atoms in total. The molecule has 88 valence electrons. The number of nitrogens with zero attached hydrogens (tertiary/aromatic N) is 1. The van der Waals surface area contributed by atoms with E-state index in [0.717, 1.165) is 6.54 Å². The summed E-state index contributed by atoms with van der Waals surface area (Å²) in [5, 5.41) is 5.11. The van der Waals surface area contributed by atoms with Gasteiger partial charge < -0.3 is 5.32 Å². The number of hydrazine groups is 1. The van der Waals surface area contributed by atoms with Crippen LogP contribution in [0.3, 0.4) is 0 Å². The van der Waals surface area contributed by atoms with Gasteiger partial charge in [-0.05, 0) is 26.7 Å². The number of hydrogen-bond acceptors (Lipinski definition) is 3. The van der Waals surface area contributed by atoms with Crippen LogP contribution in [0.4, 0.5) is 0 Å². The third-order valence-electron chi connectivity index (χ3n) is 2.99. The van der Waals surface area contributed by atoms with Crippen molar-refractivity contribution in [3.05, 3.63) is 0 Å². The second kappa shape index (κ2) is 6.08. The zero-order valence-corrected chi connectivity index (χ0v) is 10.0. The molecule has 1 aliphatic rings. The minimum Gasteiger partial charge on any atom is -0.355 e. The summed E-state index contributed by atoms with van der Waals surface area (Å²) in [7, 11) is 0. The van der Waals surface area contributed by atoms with E-state index in [4.69, 9.17) is 0 Å². The lowest BCUT2D eigenvalue weighted by molar-refractivity contribution is -0.118. The van der Waals surface area contributed by atoms with Crippen molar-refractivity contribution >= 4 is 5.91 Å². The van der Waals surface area contributed by atoms with Crippen LogP contribution in [0.15, 0.2) is 0 Å². The first-order chi connectivity index (χ1) is 7.11. The lowest BCUT2D eigenvalue weighted by atomic mass is 10.00. The molecule has 0 aromatic heterocycles. The molecule has 1 amide bonds. The minimum absolute atomic E-state index is 0.0385. The van der Waals surface area contributed by atoms with E-state index >= 15 is 0 Å². The Kier molecular flexibility index (Phi) is 5.05. The molecule has 1 heterocycles. The molecule has 0 aliphatic carbocycles. The Balaban J connectivity index is 2.20. The highest BCUT2D eigenvalue weighted by atomic mass is 16.1. The second-order valence-corrected chi connectivity index (χ2v) is 4.43. The first-order valence-electron chi connectivity index (χ1n) is 5.87. The molecule has 0 spiro atoms. The van der Waals surface area contributed by atoms with Crippen LogP contribution in [-0.2, 0) is 4.79 Å². The van der Waals surface area contributed by atoms with Crippen molar-refractivity contribution in [1.82, 2.24) is 15.8 Å². The lowest BCUT2D eigenvalue weighted by Gasteiger charge is -2.39. The maximum atomic E-state index is 10.7. The van der Waals surface area contributed by atoms with E-state index in [9.17, 15) is 4.79 Å². The van der Waals surface area contributed by atoms with Gasteiger partial charge in [-0.2, -0.15) is 0 Å². The highest BCUT2D eigenvalue weighted by Gasteiger charge is 2.23. The highest BCUT2D eigenvalue weighted by Crippen LogP contribution is 2.19. The van der Waals surface area contributed by atoms with E-state index < -0.39 is 0 Å². The minimum atomic E-state index is 0.0385. The summed E-state index contributed by atoms with van der Waals surface area (Å²) in [6.45, 7) is 7.56. The van der Waals surface area contributed by atoms with Crippen molar-refractivity contribution in [3.63, 3.8) is 0 Å². The van der Waals surface area contributed by atoms with Gasteiger partial charge in [-0.15, -0.1) is 0 Å². The van der Waals surface area contributed by atoms with Crippen LogP contribution in [0.2, 0.25) is 0 Å². The average molecular weight is 213 g/mol. The van der Waals surface area contributed by atoms with Gasteiger partial charge >= 0.3 is 0 Å². The summed E-state index contributed by atoms with van der Waals surface area (Å²) in [5.41, 5.74) is 3.40. The van der Waals surface area contributed by atoms with Crippen molar-refractivity contribution < 1.29 is 4.79 Å². The second-order valence-electron chi connectivity index (χ2n) is 4.43. The Morgan fingerprint density at radius 3 is 2.40 bits per heavy atom. The standard InChI is InChI=1S/C11H23N3O/c1-9-5-4-6-10(2)14(9)13-8-7-12-11(3)15/h9-10,13H,4-8H2,1-3H3,(H,12,15). The molecule has 1 rings (SSSR count). The molecule has 2 unspecified atom stereocenters. The van der Waals surface area contributed by atoms with Crippen LogP contribution >= 0.6 is 0 Å². The number of carbonyl (C=O) groups is 1. The zero-order chi connectivity index (χ0) is 11.3. The Morgan fingerprint density at radius 2 is 1.87 bits per heavy atom. The first kappa shape index (κ1) is 12.5. The predicted octanol–water partition coefficient (Wildman–Crippen LogP) is 0.890. The Hall–Kier alpha value is -0.610. The van der Waals surface area contributed by atoms with Gasteiger partial charge in [-0.3, -0.25) is 10.2 Å². The smallest absolute Gasteiger partial charge is 0.216 e. The maximum absolute atomic E-state index is 10.7. The summed E-state index contributed by atoms with van der Waals surface area (Å²) < 4.78 is 0. The zero-order valence-electron chi connectivity index (χ0n) is 10.0. The van der Waals surface area contributed by atoms with Crippen molar-refractivity contribution in [1.29, 1.82) is 0 Å². The summed E-state index contributed by atoms with van der Waals surface area (Å²) in [6.07, 6.45) is 3.85. The maximum Gasteiger partial charge on any atom is 0.216 e. The molecule has 15 heavy (non-hydrogen) atoms. The fourth-order valence-electron chi connectivity index (χ4n) is 2.16. The third-order valence-corrected chi connectivity index (χ3v) is 2.99. The number of piperidine rings is 1. The van der Waals surface area contributed by atoms with E-state index in [0.29, 0.717) is 18.6 Å².